The van der Waals surface area contributed by atoms with Crippen LogP contribution in [0.15, 0.2) is 24.4 Å². The molecule has 1 aromatic rings. The third-order valence-corrected chi connectivity index (χ3v) is 2.74. The molecule has 1 aliphatic heterocycles. The number of rotatable bonds is 2. The van der Waals surface area contributed by atoms with E-state index in [9.17, 15) is 4.79 Å². The molecule has 1 atom stereocenters. The van der Waals surface area contributed by atoms with E-state index in [1.54, 1.807) is 17.2 Å². The fourth-order valence-electron chi connectivity index (χ4n) is 1.90. The number of hydrogen-bond acceptors (Lipinski definition) is 5. The summed E-state index contributed by atoms with van der Waals surface area (Å²) in [6.07, 6.45) is 4.92. The second kappa shape index (κ2) is 5.58. The lowest BCUT2D eigenvalue weighted by Crippen LogP contribution is -2.37. The van der Waals surface area contributed by atoms with Crippen molar-refractivity contribution in [1.29, 1.82) is 0 Å². The lowest BCUT2D eigenvalue weighted by atomic mass is 10.2. The van der Waals surface area contributed by atoms with Gasteiger partial charge in [-0.1, -0.05) is 12.2 Å². The highest BCUT2D eigenvalue weighted by molar-refractivity contribution is 5.70. The maximum atomic E-state index is 12.2. The number of nitrogens with zero attached hydrogens (tertiary/aromatic N) is 3. The van der Waals surface area contributed by atoms with Gasteiger partial charge in [-0.25, -0.2) is 14.8 Å². The summed E-state index contributed by atoms with van der Waals surface area (Å²) < 4.78 is 5.37. The second-order valence-corrected chi connectivity index (χ2v) is 5.57. The Labute approximate surface area is 118 Å². The molecular formula is C14H19N3O3. The lowest BCUT2D eigenvalue weighted by molar-refractivity contribution is 0.0234. The molecule has 0 saturated carbocycles. The summed E-state index contributed by atoms with van der Waals surface area (Å²) in [7, 11) is 0. The molecule has 0 spiro atoms. The van der Waals surface area contributed by atoms with Crippen LogP contribution in [-0.4, -0.2) is 38.2 Å². The van der Waals surface area contributed by atoms with Crippen LogP contribution in [0.1, 0.15) is 38.3 Å². The molecule has 20 heavy (non-hydrogen) atoms. The third kappa shape index (κ3) is 3.33. The topological polar surface area (TPSA) is 75.5 Å². The van der Waals surface area contributed by atoms with Gasteiger partial charge in [0.2, 0.25) is 0 Å². The molecule has 2 heterocycles. The number of hydrogen-bond donors (Lipinski definition) is 1. The molecule has 6 nitrogen and oxygen atoms in total. The van der Waals surface area contributed by atoms with Crippen LogP contribution in [-0.2, 0) is 11.3 Å². The van der Waals surface area contributed by atoms with Crippen molar-refractivity contribution in [2.75, 3.05) is 6.54 Å². The van der Waals surface area contributed by atoms with Gasteiger partial charge in [0, 0.05) is 12.7 Å². The van der Waals surface area contributed by atoms with Crippen molar-refractivity contribution in [2.24, 2.45) is 0 Å². The Morgan fingerprint density at radius 1 is 1.55 bits per heavy atom. The average Bonchev–Trinajstić information content (AvgIpc) is 2.86. The van der Waals surface area contributed by atoms with Crippen LogP contribution in [0.4, 0.5) is 4.79 Å². The molecule has 0 saturated heterocycles. The Hall–Kier alpha value is -1.95. The summed E-state index contributed by atoms with van der Waals surface area (Å²) in [5, 5.41) is 9.12. The number of carbonyl (C=O) groups is 1. The van der Waals surface area contributed by atoms with Gasteiger partial charge < -0.3 is 9.84 Å². The first-order valence-corrected chi connectivity index (χ1v) is 6.49. The van der Waals surface area contributed by atoms with Gasteiger partial charge in [-0.15, -0.1) is 0 Å². The summed E-state index contributed by atoms with van der Waals surface area (Å²) in [6.45, 7) is 5.79. The van der Waals surface area contributed by atoms with Crippen molar-refractivity contribution in [3.05, 3.63) is 35.9 Å². The van der Waals surface area contributed by atoms with E-state index in [1.165, 1.54) is 0 Å². The zero-order valence-electron chi connectivity index (χ0n) is 11.9. The summed E-state index contributed by atoms with van der Waals surface area (Å²) in [6, 6.07) is 1.29. The fourth-order valence-corrected chi connectivity index (χ4v) is 1.90. The molecule has 0 fully saturated rings. The van der Waals surface area contributed by atoms with Crippen LogP contribution in [0.5, 0.6) is 0 Å². The number of carbonyl (C=O) groups excluding carboxylic acids is 1. The van der Waals surface area contributed by atoms with Gasteiger partial charge in [0.15, 0.2) is 5.82 Å². The third-order valence-electron chi connectivity index (χ3n) is 2.74. The number of aromatic nitrogens is 2. The maximum absolute atomic E-state index is 12.2. The first-order chi connectivity index (χ1) is 9.40. The van der Waals surface area contributed by atoms with Crippen molar-refractivity contribution in [3.8, 4) is 0 Å². The molecular weight excluding hydrogens is 258 g/mol. The second-order valence-electron chi connectivity index (χ2n) is 5.57. The minimum Gasteiger partial charge on any atom is -0.444 e. The molecule has 0 bridgehead atoms. The van der Waals surface area contributed by atoms with Crippen molar-refractivity contribution in [3.63, 3.8) is 0 Å². The fraction of sp³-hybridized carbons (Fsp3) is 0.500. The Balaban J connectivity index is 2.18. The van der Waals surface area contributed by atoms with Gasteiger partial charge in [-0.2, -0.15) is 0 Å². The maximum Gasteiger partial charge on any atom is 0.411 e. The zero-order chi connectivity index (χ0) is 14.8. The molecule has 1 unspecified atom stereocenters. The van der Waals surface area contributed by atoms with E-state index in [0.29, 0.717) is 18.1 Å². The molecule has 108 valence electrons. The predicted octanol–water partition coefficient (Wildman–Crippen LogP) is 1.82. The summed E-state index contributed by atoms with van der Waals surface area (Å²) in [5.74, 6) is 0.483. The smallest absolute Gasteiger partial charge is 0.411 e. The Bertz CT molecular complexity index is 523. The SMILES string of the molecule is CC(C)(C)OC(=O)N1CC=CC1c1nccc(CO)n1. The van der Waals surface area contributed by atoms with Gasteiger partial charge in [0.05, 0.1) is 12.3 Å². The van der Waals surface area contributed by atoms with Crippen LogP contribution < -0.4 is 0 Å². The molecule has 1 N–H and O–H groups in total. The van der Waals surface area contributed by atoms with Gasteiger partial charge >= 0.3 is 6.09 Å². The minimum absolute atomic E-state index is 0.154. The number of aliphatic hydroxyl groups excluding tert-OH is 1. The van der Waals surface area contributed by atoms with Crippen LogP contribution in [0.25, 0.3) is 0 Å². The Morgan fingerprint density at radius 2 is 2.30 bits per heavy atom. The van der Waals surface area contributed by atoms with Gasteiger partial charge in [-0.05, 0) is 26.8 Å². The normalized spacial score (nSPS) is 18.4. The summed E-state index contributed by atoms with van der Waals surface area (Å²) in [4.78, 5) is 22.1. The van der Waals surface area contributed by atoms with E-state index in [-0.39, 0.29) is 12.6 Å². The van der Waals surface area contributed by atoms with E-state index in [1.807, 2.05) is 32.9 Å². The lowest BCUT2D eigenvalue weighted by Gasteiger charge is -2.27. The Morgan fingerprint density at radius 3 is 2.95 bits per heavy atom. The van der Waals surface area contributed by atoms with Crippen molar-refractivity contribution < 1.29 is 14.6 Å². The van der Waals surface area contributed by atoms with Gasteiger partial charge in [0.25, 0.3) is 0 Å². The quantitative estimate of drug-likeness (QED) is 0.834. The van der Waals surface area contributed by atoms with Crippen molar-refractivity contribution in [2.45, 2.75) is 39.0 Å². The summed E-state index contributed by atoms with van der Waals surface area (Å²) in [5.41, 5.74) is -0.0164. The first kappa shape index (κ1) is 14.5. The van der Waals surface area contributed by atoms with Crippen molar-refractivity contribution >= 4 is 6.09 Å². The number of aliphatic hydroxyl groups is 1. The van der Waals surface area contributed by atoms with Gasteiger partial charge in [0.1, 0.15) is 11.6 Å². The minimum atomic E-state index is -0.544. The predicted molar refractivity (Wildman–Crippen MR) is 72.8 cm³/mol. The van der Waals surface area contributed by atoms with Gasteiger partial charge in [-0.3, -0.25) is 4.90 Å². The standard InChI is InChI=1S/C14H19N3O3/c1-14(2,3)20-13(19)17-8-4-5-11(17)12-15-7-6-10(9-18)16-12/h4-7,11,18H,8-9H2,1-3H3. The molecule has 1 amide bonds. The highest BCUT2D eigenvalue weighted by Gasteiger charge is 2.31. The van der Waals surface area contributed by atoms with E-state index >= 15 is 0 Å². The van der Waals surface area contributed by atoms with E-state index in [4.69, 9.17) is 9.84 Å². The molecule has 2 rings (SSSR count). The van der Waals surface area contributed by atoms with Crippen LogP contribution >= 0.6 is 0 Å². The largest absolute Gasteiger partial charge is 0.444 e. The number of amides is 1. The van der Waals surface area contributed by atoms with Crippen molar-refractivity contribution in [1.82, 2.24) is 14.9 Å². The monoisotopic (exact) mass is 277 g/mol. The van der Waals surface area contributed by atoms with E-state index in [2.05, 4.69) is 9.97 Å². The van der Waals surface area contributed by atoms with Crippen LogP contribution in [0.3, 0.4) is 0 Å². The van der Waals surface area contributed by atoms with E-state index < -0.39 is 11.7 Å². The average molecular weight is 277 g/mol. The zero-order valence-corrected chi connectivity index (χ0v) is 11.9. The van der Waals surface area contributed by atoms with E-state index in [0.717, 1.165) is 0 Å². The van der Waals surface area contributed by atoms with Crippen LogP contribution in [0, 0.1) is 0 Å². The highest BCUT2D eigenvalue weighted by atomic mass is 16.6. The molecule has 1 aromatic heterocycles. The highest BCUT2D eigenvalue weighted by Crippen LogP contribution is 2.26. The first-order valence-electron chi connectivity index (χ1n) is 6.49. The molecule has 0 aliphatic carbocycles. The molecule has 1 aliphatic rings. The molecule has 0 radical (unpaired) electrons. The Kier molecular flexibility index (Phi) is 4.04. The number of ether oxygens (including phenoxy) is 1. The molecule has 6 heteroatoms. The summed E-state index contributed by atoms with van der Waals surface area (Å²) >= 11 is 0. The van der Waals surface area contributed by atoms with Crippen LogP contribution in [0.2, 0.25) is 0 Å². The molecule has 0 aromatic carbocycles.